The van der Waals surface area contributed by atoms with Crippen molar-refractivity contribution in [3.05, 3.63) is 36.5 Å². The smallest absolute Gasteiger partial charge is 0.315 e. The molecule has 0 bridgehead atoms. The molecule has 24 heavy (non-hydrogen) atoms. The van der Waals surface area contributed by atoms with Gasteiger partial charge in [0.2, 0.25) is 0 Å². The minimum absolute atomic E-state index is 0.110. The maximum absolute atomic E-state index is 12.1. The minimum atomic E-state index is -0.110. The third kappa shape index (κ3) is 3.90. The molecule has 0 unspecified atom stereocenters. The van der Waals surface area contributed by atoms with Crippen LogP contribution >= 0.6 is 0 Å². The topological polar surface area (TPSA) is 84.7 Å². The first-order valence-electron chi connectivity index (χ1n) is 8.48. The molecule has 2 aromatic heterocycles. The molecule has 0 aliphatic heterocycles. The van der Waals surface area contributed by atoms with Gasteiger partial charge in [-0.1, -0.05) is 32.8 Å². The molecule has 1 aliphatic rings. The predicted octanol–water partition coefficient (Wildman–Crippen LogP) is 2.29. The molecular formula is C17H24N6O. The molecule has 128 valence electrons. The zero-order valence-electron chi connectivity index (χ0n) is 14.1. The number of aromatic nitrogens is 4. The highest BCUT2D eigenvalue weighted by atomic mass is 16.2. The van der Waals surface area contributed by atoms with E-state index in [0.717, 1.165) is 12.0 Å². The summed E-state index contributed by atoms with van der Waals surface area (Å²) in [6, 6.07) is 3.94. The maximum atomic E-state index is 12.1. The second-order valence-electron chi connectivity index (χ2n) is 6.57. The average molecular weight is 328 g/mol. The van der Waals surface area contributed by atoms with Crippen LogP contribution in [-0.4, -0.2) is 31.8 Å². The van der Waals surface area contributed by atoms with E-state index in [1.54, 1.807) is 17.2 Å². The van der Waals surface area contributed by atoms with Gasteiger partial charge in [0.25, 0.3) is 0 Å². The quantitative estimate of drug-likeness (QED) is 0.902. The number of carbonyl (C=O) groups is 1. The Hall–Kier alpha value is -2.44. The molecular weight excluding hydrogens is 304 g/mol. The number of urea groups is 1. The zero-order chi connectivity index (χ0) is 16.9. The highest BCUT2D eigenvalue weighted by Crippen LogP contribution is 2.29. The molecule has 0 radical (unpaired) electrons. The van der Waals surface area contributed by atoms with Gasteiger partial charge in [-0.2, -0.15) is 5.10 Å². The lowest BCUT2D eigenvalue weighted by atomic mass is 9.78. The monoisotopic (exact) mass is 328 g/mol. The number of amides is 2. The Morgan fingerprint density at radius 3 is 2.92 bits per heavy atom. The number of nitrogens with one attached hydrogen (secondary N) is 2. The summed E-state index contributed by atoms with van der Waals surface area (Å²) in [7, 11) is 0. The summed E-state index contributed by atoms with van der Waals surface area (Å²) < 4.78 is 1.59. The zero-order valence-corrected chi connectivity index (χ0v) is 14.1. The summed E-state index contributed by atoms with van der Waals surface area (Å²) in [6.07, 6.45) is 8.30. The van der Waals surface area contributed by atoms with E-state index >= 15 is 0 Å². The van der Waals surface area contributed by atoms with Crippen LogP contribution in [0, 0.1) is 11.8 Å². The Kier molecular flexibility index (Phi) is 5.08. The van der Waals surface area contributed by atoms with E-state index in [2.05, 4.69) is 39.5 Å². The van der Waals surface area contributed by atoms with E-state index in [4.69, 9.17) is 0 Å². The third-order valence-corrected chi connectivity index (χ3v) is 4.94. The molecule has 2 amide bonds. The van der Waals surface area contributed by atoms with Crippen molar-refractivity contribution in [1.82, 2.24) is 30.4 Å². The summed E-state index contributed by atoms with van der Waals surface area (Å²) in [5, 5.41) is 10.1. The van der Waals surface area contributed by atoms with Crippen LogP contribution < -0.4 is 10.6 Å². The van der Waals surface area contributed by atoms with Crippen LogP contribution in [0.15, 0.2) is 31.0 Å². The fourth-order valence-corrected chi connectivity index (χ4v) is 3.17. The van der Waals surface area contributed by atoms with Crippen molar-refractivity contribution >= 4 is 6.03 Å². The molecule has 0 saturated heterocycles. The van der Waals surface area contributed by atoms with Crippen LogP contribution in [0.1, 0.15) is 38.7 Å². The van der Waals surface area contributed by atoms with Gasteiger partial charge in [-0.05, 0) is 29.9 Å². The van der Waals surface area contributed by atoms with Gasteiger partial charge in [0.05, 0.1) is 0 Å². The molecule has 1 aliphatic carbocycles. The van der Waals surface area contributed by atoms with Gasteiger partial charge >= 0.3 is 6.03 Å². The standard InChI is InChI=1S/C17H24N6O/c1-12-4-3-5-15(13(12)2)22-17(24)20-9-14-6-7-16(19-8-14)23-11-18-10-21-23/h6-8,10-13,15H,3-5,9H2,1-2H3,(H2,20,22,24)/t12-,13-,15+/m1/s1. The SMILES string of the molecule is C[C@@H]1[C@H](C)CCC[C@@H]1NC(=O)NCc1ccc(-n2cncn2)nc1. The van der Waals surface area contributed by atoms with Crippen molar-refractivity contribution in [2.24, 2.45) is 11.8 Å². The molecule has 7 nitrogen and oxygen atoms in total. The summed E-state index contributed by atoms with van der Waals surface area (Å²) >= 11 is 0. The van der Waals surface area contributed by atoms with Gasteiger partial charge in [0, 0.05) is 18.8 Å². The van der Waals surface area contributed by atoms with Crippen molar-refractivity contribution < 1.29 is 4.79 Å². The second-order valence-corrected chi connectivity index (χ2v) is 6.57. The number of carbonyl (C=O) groups excluding carboxylic acids is 1. The fourth-order valence-electron chi connectivity index (χ4n) is 3.17. The van der Waals surface area contributed by atoms with Crippen LogP contribution in [0.2, 0.25) is 0 Å². The lowest BCUT2D eigenvalue weighted by molar-refractivity contribution is 0.195. The van der Waals surface area contributed by atoms with E-state index < -0.39 is 0 Å². The van der Waals surface area contributed by atoms with Crippen LogP contribution in [-0.2, 0) is 6.54 Å². The third-order valence-electron chi connectivity index (χ3n) is 4.94. The van der Waals surface area contributed by atoms with Crippen molar-refractivity contribution in [2.45, 2.75) is 45.7 Å². The predicted molar refractivity (Wildman–Crippen MR) is 90.5 cm³/mol. The van der Waals surface area contributed by atoms with Crippen LogP contribution in [0.25, 0.3) is 5.82 Å². The van der Waals surface area contributed by atoms with E-state index in [1.807, 2.05) is 12.1 Å². The Morgan fingerprint density at radius 2 is 2.21 bits per heavy atom. The molecule has 0 aromatic carbocycles. The number of rotatable bonds is 4. The molecule has 1 saturated carbocycles. The molecule has 0 spiro atoms. The normalized spacial score (nSPS) is 23.7. The van der Waals surface area contributed by atoms with Crippen molar-refractivity contribution in [3.63, 3.8) is 0 Å². The van der Waals surface area contributed by atoms with E-state index in [-0.39, 0.29) is 12.1 Å². The Bertz CT molecular complexity index is 654. The second kappa shape index (κ2) is 7.42. The van der Waals surface area contributed by atoms with Crippen molar-refractivity contribution in [2.75, 3.05) is 0 Å². The van der Waals surface area contributed by atoms with Gasteiger partial charge in [-0.3, -0.25) is 0 Å². The van der Waals surface area contributed by atoms with Gasteiger partial charge < -0.3 is 10.6 Å². The molecule has 7 heteroatoms. The molecule has 3 atom stereocenters. The van der Waals surface area contributed by atoms with Crippen molar-refractivity contribution in [1.29, 1.82) is 0 Å². The minimum Gasteiger partial charge on any atom is -0.335 e. The van der Waals surface area contributed by atoms with Crippen LogP contribution in [0.4, 0.5) is 4.79 Å². The Morgan fingerprint density at radius 1 is 1.33 bits per heavy atom. The summed E-state index contributed by atoms with van der Waals surface area (Å²) in [5.41, 5.74) is 0.944. The molecule has 2 N–H and O–H groups in total. The molecule has 3 rings (SSSR count). The highest BCUT2D eigenvalue weighted by molar-refractivity contribution is 5.74. The van der Waals surface area contributed by atoms with E-state index in [9.17, 15) is 4.79 Å². The lowest BCUT2D eigenvalue weighted by Gasteiger charge is -2.34. The lowest BCUT2D eigenvalue weighted by Crippen LogP contribution is -2.47. The van der Waals surface area contributed by atoms with Crippen LogP contribution in [0.3, 0.4) is 0 Å². The van der Waals surface area contributed by atoms with Gasteiger partial charge in [-0.15, -0.1) is 0 Å². The first-order valence-corrected chi connectivity index (χ1v) is 8.48. The van der Waals surface area contributed by atoms with Gasteiger partial charge in [0.15, 0.2) is 5.82 Å². The van der Waals surface area contributed by atoms with Crippen LogP contribution in [0.5, 0.6) is 0 Å². The first kappa shape index (κ1) is 16.4. The summed E-state index contributed by atoms with van der Waals surface area (Å²) in [6.45, 7) is 4.94. The Balaban J connectivity index is 1.49. The van der Waals surface area contributed by atoms with E-state index in [1.165, 1.54) is 19.2 Å². The summed E-state index contributed by atoms with van der Waals surface area (Å²) in [4.78, 5) is 20.3. The Labute approximate surface area is 141 Å². The summed E-state index contributed by atoms with van der Waals surface area (Å²) in [5.74, 6) is 1.89. The molecule has 2 heterocycles. The molecule has 1 fully saturated rings. The molecule has 2 aromatic rings. The first-order chi connectivity index (χ1) is 11.6. The van der Waals surface area contributed by atoms with Gasteiger partial charge in [-0.25, -0.2) is 19.4 Å². The van der Waals surface area contributed by atoms with Crippen molar-refractivity contribution in [3.8, 4) is 5.82 Å². The number of nitrogens with zero attached hydrogens (tertiary/aromatic N) is 4. The largest absolute Gasteiger partial charge is 0.335 e. The average Bonchev–Trinajstić information content (AvgIpc) is 3.12. The van der Waals surface area contributed by atoms with E-state index in [0.29, 0.717) is 24.2 Å². The fraction of sp³-hybridized carbons (Fsp3) is 0.529. The maximum Gasteiger partial charge on any atom is 0.315 e. The highest BCUT2D eigenvalue weighted by Gasteiger charge is 2.27. The number of pyridine rings is 1. The number of hydrogen-bond donors (Lipinski definition) is 2. The number of hydrogen-bond acceptors (Lipinski definition) is 4. The van der Waals surface area contributed by atoms with Gasteiger partial charge in [0.1, 0.15) is 12.7 Å².